The molecule has 12 nitrogen and oxygen atoms in total. The molecule has 4 aromatic carbocycles. The number of phenols is 1. The van der Waals surface area contributed by atoms with Crippen LogP contribution in [0.1, 0.15) is 67.7 Å². The maximum absolute atomic E-state index is 12.8. The number of aromatic hydroxyl groups is 1. The number of fused-ring (bicyclic) bond motifs is 2. The van der Waals surface area contributed by atoms with Crippen LogP contribution in [0.2, 0.25) is 0 Å². The summed E-state index contributed by atoms with van der Waals surface area (Å²) in [6.07, 6.45) is 4.54. The zero-order chi connectivity index (χ0) is 38.5. The predicted octanol–water partition coefficient (Wildman–Crippen LogP) is 6.80. The van der Waals surface area contributed by atoms with E-state index < -0.39 is 18.0 Å². The predicted molar refractivity (Wildman–Crippen MR) is 214 cm³/mol. The molecule has 7 rings (SSSR count). The Labute approximate surface area is 317 Å². The van der Waals surface area contributed by atoms with Crippen LogP contribution in [0.4, 0.5) is 10.5 Å². The van der Waals surface area contributed by atoms with Gasteiger partial charge < -0.3 is 35.8 Å². The highest BCUT2D eigenvalue weighted by Crippen LogP contribution is 2.37. The number of anilines is 1. The number of nitrogens with zero attached hydrogens (tertiary/aromatic N) is 2. The van der Waals surface area contributed by atoms with Crippen molar-refractivity contribution in [3.8, 4) is 16.9 Å². The number of nitrogens with one attached hydrogen (secondary N) is 2. The zero-order valence-corrected chi connectivity index (χ0v) is 30.6. The molecule has 12 heteroatoms. The molecule has 286 valence electrons. The number of hydrogen-bond acceptors (Lipinski definition) is 8. The number of oxazole rings is 1. The summed E-state index contributed by atoms with van der Waals surface area (Å²) in [5.74, 6) is -0.476. The van der Waals surface area contributed by atoms with Gasteiger partial charge in [0.15, 0.2) is 5.58 Å². The molecule has 0 bridgehead atoms. The van der Waals surface area contributed by atoms with E-state index in [1.807, 2.05) is 60.7 Å². The molecule has 1 fully saturated rings. The molecule has 0 saturated heterocycles. The highest BCUT2D eigenvalue weighted by molar-refractivity contribution is 5.94. The second kappa shape index (κ2) is 16.8. The lowest BCUT2D eigenvalue weighted by atomic mass is 9.89. The summed E-state index contributed by atoms with van der Waals surface area (Å²) in [5, 5.41) is 35.3. The van der Waals surface area contributed by atoms with Crippen LogP contribution in [0, 0.1) is 0 Å². The number of amides is 1. The number of aromatic amines is 1. The standard InChI is InChI=1S/C43H47N5O7/c44-30-12-14-31(15-13-30)48(42(52)53)36-23-27(10-16-32(36)29-8-4-1-5-9-29)7-3-2-6-22-47-35-19-11-28(24-39(35)55-43(47)54)25-45-26-38(50)33-17-20-37(49)41-34(33)18-21-40(51)46-41/h1,4-5,8-11,16-21,23-24,30-31,38,45,49-50H,2-3,6-7,12-15,22,25-26,44H2,(H,46,51)(H,52,53). The van der Waals surface area contributed by atoms with Crippen molar-refractivity contribution in [1.29, 1.82) is 0 Å². The van der Waals surface area contributed by atoms with Gasteiger partial charge in [0.1, 0.15) is 5.75 Å². The molecule has 1 amide bonds. The van der Waals surface area contributed by atoms with Gasteiger partial charge in [0.05, 0.1) is 22.8 Å². The van der Waals surface area contributed by atoms with Gasteiger partial charge in [-0.15, -0.1) is 0 Å². The number of H-pyrrole nitrogens is 1. The first-order valence-electron chi connectivity index (χ1n) is 19.0. The Morgan fingerprint density at radius 3 is 2.49 bits per heavy atom. The second-order valence-corrected chi connectivity index (χ2v) is 14.5. The smallest absolute Gasteiger partial charge is 0.419 e. The lowest BCUT2D eigenvalue weighted by molar-refractivity contribution is 0.176. The van der Waals surface area contributed by atoms with E-state index in [4.69, 9.17) is 10.2 Å². The maximum Gasteiger partial charge on any atom is 0.419 e. The minimum Gasteiger partial charge on any atom is -0.506 e. The van der Waals surface area contributed by atoms with E-state index in [0.29, 0.717) is 35.3 Å². The number of unbranched alkanes of at least 4 members (excludes halogenated alkanes) is 2. The number of rotatable bonds is 14. The van der Waals surface area contributed by atoms with Crippen molar-refractivity contribution in [2.45, 2.75) is 82.6 Å². The van der Waals surface area contributed by atoms with Gasteiger partial charge in [0.25, 0.3) is 0 Å². The number of pyridine rings is 1. The Bertz CT molecular complexity index is 2390. The summed E-state index contributed by atoms with van der Waals surface area (Å²) in [6.45, 7) is 1.14. The number of aliphatic hydroxyl groups is 1. The minimum atomic E-state index is -0.949. The van der Waals surface area contributed by atoms with Crippen molar-refractivity contribution in [2.24, 2.45) is 5.73 Å². The number of benzene rings is 4. The topological polar surface area (TPSA) is 187 Å². The van der Waals surface area contributed by atoms with E-state index in [1.54, 1.807) is 21.6 Å². The molecule has 0 aliphatic heterocycles. The molecule has 55 heavy (non-hydrogen) atoms. The molecule has 0 spiro atoms. The summed E-state index contributed by atoms with van der Waals surface area (Å²) in [7, 11) is 0. The fraction of sp³-hybridized carbons (Fsp3) is 0.326. The molecule has 7 N–H and O–H groups in total. The van der Waals surface area contributed by atoms with Crippen molar-refractivity contribution >= 4 is 33.8 Å². The van der Waals surface area contributed by atoms with Gasteiger partial charge in [0, 0.05) is 48.7 Å². The third kappa shape index (κ3) is 8.51. The third-order valence-electron chi connectivity index (χ3n) is 10.7. The minimum absolute atomic E-state index is 0.0655. The van der Waals surface area contributed by atoms with Gasteiger partial charge in [0.2, 0.25) is 5.56 Å². The Kier molecular flexibility index (Phi) is 11.5. The van der Waals surface area contributed by atoms with Gasteiger partial charge in [-0.25, -0.2) is 9.59 Å². The molecule has 1 aliphatic carbocycles. The molecule has 2 heterocycles. The summed E-state index contributed by atoms with van der Waals surface area (Å²) in [6, 6.07) is 27.7. The van der Waals surface area contributed by atoms with Crippen LogP contribution in [0.5, 0.6) is 5.75 Å². The zero-order valence-electron chi connectivity index (χ0n) is 30.6. The largest absolute Gasteiger partial charge is 0.506 e. The Hall–Kier alpha value is -5.69. The van der Waals surface area contributed by atoms with Gasteiger partial charge in [-0.1, -0.05) is 61.0 Å². The van der Waals surface area contributed by atoms with Crippen molar-refractivity contribution in [1.82, 2.24) is 14.9 Å². The molecule has 2 aromatic heterocycles. The van der Waals surface area contributed by atoms with E-state index >= 15 is 0 Å². The van der Waals surface area contributed by atoms with Crippen LogP contribution < -0.4 is 27.3 Å². The number of carbonyl (C=O) groups is 1. The molecule has 1 saturated carbocycles. The van der Waals surface area contributed by atoms with E-state index in [2.05, 4.69) is 16.4 Å². The van der Waals surface area contributed by atoms with Crippen molar-refractivity contribution in [2.75, 3.05) is 11.4 Å². The molecule has 6 aromatic rings. The van der Waals surface area contributed by atoms with Crippen molar-refractivity contribution < 1.29 is 24.5 Å². The van der Waals surface area contributed by atoms with Gasteiger partial charge in [-0.2, -0.15) is 0 Å². The first-order chi connectivity index (χ1) is 26.7. The monoisotopic (exact) mass is 745 g/mol. The maximum atomic E-state index is 12.8. The SMILES string of the molecule is NC1CCC(N(C(=O)O)c2cc(CCCCCn3c(=O)oc4cc(CNCC(O)c5ccc(O)c6[nH]c(=O)ccc56)ccc43)ccc2-c2ccccc2)CC1. The van der Waals surface area contributed by atoms with Crippen molar-refractivity contribution in [3.63, 3.8) is 0 Å². The van der Waals surface area contributed by atoms with E-state index in [0.717, 1.165) is 79.1 Å². The normalized spacial score (nSPS) is 16.4. The number of aromatic nitrogens is 2. The second-order valence-electron chi connectivity index (χ2n) is 14.5. The lowest BCUT2D eigenvalue weighted by Gasteiger charge is -2.35. The van der Waals surface area contributed by atoms with Crippen LogP contribution in [0.3, 0.4) is 0 Å². The fourth-order valence-electron chi connectivity index (χ4n) is 7.83. The molecule has 1 aliphatic rings. The fourth-order valence-corrected chi connectivity index (χ4v) is 7.83. The number of hydrogen-bond donors (Lipinski definition) is 6. The Morgan fingerprint density at radius 1 is 0.927 bits per heavy atom. The molecule has 0 radical (unpaired) electrons. The molecule has 1 unspecified atom stereocenters. The van der Waals surface area contributed by atoms with Crippen LogP contribution in [0.15, 0.2) is 105 Å². The Balaban J connectivity index is 0.954. The van der Waals surface area contributed by atoms with Crippen LogP contribution in [-0.2, 0) is 19.5 Å². The lowest BCUT2D eigenvalue weighted by Crippen LogP contribution is -2.44. The van der Waals surface area contributed by atoms with Crippen LogP contribution in [0.25, 0.3) is 33.1 Å². The van der Waals surface area contributed by atoms with Gasteiger partial charge >= 0.3 is 11.8 Å². The summed E-state index contributed by atoms with van der Waals surface area (Å²) >= 11 is 0. The summed E-state index contributed by atoms with van der Waals surface area (Å²) in [4.78, 5) is 41.5. The quantitative estimate of drug-likeness (QED) is 0.0652. The van der Waals surface area contributed by atoms with Gasteiger partial charge in [-0.05, 0) is 97.5 Å². The number of aliphatic hydroxyl groups excluding tert-OH is 1. The average molecular weight is 746 g/mol. The number of phenolic OH excluding ortho intramolecular Hbond substituents is 1. The Morgan fingerprint density at radius 2 is 1.71 bits per heavy atom. The van der Waals surface area contributed by atoms with E-state index in [9.17, 15) is 29.7 Å². The molecular weight excluding hydrogens is 699 g/mol. The molecule has 1 atom stereocenters. The van der Waals surface area contributed by atoms with Gasteiger partial charge in [-0.3, -0.25) is 14.3 Å². The van der Waals surface area contributed by atoms with Crippen LogP contribution in [-0.4, -0.2) is 49.6 Å². The highest BCUT2D eigenvalue weighted by atomic mass is 16.4. The van der Waals surface area contributed by atoms with Crippen LogP contribution >= 0.6 is 0 Å². The average Bonchev–Trinajstić information content (AvgIpc) is 3.49. The van der Waals surface area contributed by atoms with Crippen molar-refractivity contribution in [3.05, 3.63) is 129 Å². The first-order valence-corrected chi connectivity index (χ1v) is 19.0. The van der Waals surface area contributed by atoms with E-state index in [1.165, 1.54) is 12.1 Å². The highest BCUT2D eigenvalue weighted by Gasteiger charge is 2.30. The summed E-state index contributed by atoms with van der Waals surface area (Å²) < 4.78 is 7.27. The number of aryl methyl sites for hydroxylation is 2. The summed E-state index contributed by atoms with van der Waals surface area (Å²) in [5.41, 5.74) is 12.4. The third-order valence-corrected chi connectivity index (χ3v) is 10.7. The molecular formula is C43H47N5O7. The van der Waals surface area contributed by atoms with E-state index in [-0.39, 0.29) is 35.5 Å². The number of nitrogens with two attached hydrogens (primary N) is 1. The first kappa shape index (κ1) is 37.6. The number of carboxylic acid groups (broad SMARTS) is 1.